The highest BCUT2D eigenvalue weighted by Crippen LogP contribution is 2.15. The number of rotatable bonds is 7. The van der Waals surface area contributed by atoms with Gasteiger partial charge in [-0.1, -0.05) is 46.0 Å². The van der Waals surface area contributed by atoms with Crippen LogP contribution in [-0.2, 0) is 0 Å². The second-order valence-corrected chi connectivity index (χ2v) is 5.17. The zero-order valence-electron chi connectivity index (χ0n) is 10.5. The number of hydrogen-bond acceptors (Lipinski definition) is 2. The van der Waals surface area contributed by atoms with E-state index >= 15 is 0 Å². The van der Waals surface area contributed by atoms with Gasteiger partial charge in [0.2, 0.25) is 0 Å². The van der Waals surface area contributed by atoms with Crippen molar-refractivity contribution in [3.63, 3.8) is 0 Å². The van der Waals surface area contributed by atoms with Crippen LogP contribution in [0.3, 0.4) is 0 Å². The number of nitrogens with two attached hydrogens (primary N) is 1. The summed E-state index contributed by atoms with van der Waals surface area (Å²) in [4.78, 5) is 2.54. The van der Waals surface area contributed by atoms with Crippen molar-refractivity contribution in [1.29, 1.82) is 0 Å². The zero-order valence-corrected chi connectivity index (χ0v) is 10.5. The van der Waals surface area contributed by atoms with Gasteiger partial charge in [-0.25, -0.2) is 0 Å². The predicted molar refractivity (Wildman–Crippen MR) is 67.0 cm³/mol. The molecule has 0 bridgehead atoms. The lowest BCUT2D eigenvalue weighted by molar-refractivity contribution is 0.316. The molecular formula is C13H28N2. The first-order valence-electron chi connectivity index (χ1n) is 6.72. The molecule has 0 aromatic heterocycles. The molecule has 2 heteroatoms. The third-order valence-electron chi connectivity index (χ3n) is 3.57. The van der Waals surface area contributed by atoms with Crippen LogP contribution in [0.4, 0.5) is 0 Å². The van der Waals surface area contributed by atoms with Crippen LogP contribution in [0.5, 0.6) is 0 Å². The Hall–Kier alpha value is -0.0800. The smallest absolute Gasteiger partial charge is 0.0206 e. The van der Waals surface area contributed by atoms with Crippen molar-refractivity contribution < 1.29 is 0 Å². The Labute approximate surface area is 95.2 Å². The standard InChI is InChI=1S/C13H28N2/c1-3-4-5-6-7-8-9-15-10-12(2)13(14)11-15/h12-13H,3-11,14H2,1-2H3. The summed E-state index contributed by atoms with van der Waals surface area (Å²) in [6, 6.07) is 0.421. The molecule has 0 saturated carbocycles. The third kappa shape index (κ3) is 4.98. The molecule has 1 aliphatic rings. The van der Waals surface area contributed by atoms with E-state index in [0.29, 0.717) is 12.0 Å². The Morgan fingerprint density at radius 1 is 1.07 bits per heavy atom. The van der Waals surface area contributed by atoms with Gasteiger partial charge in [-0.15, -0.1) is 0 Å². The van der Waals surface area contributed by atoms with E-state index in [2.05, 4.69) is 18.7 Å². The van der Waals surface area contributed by atoms with Gasteiger partial charge in [0.15, 0.2) is 0 Å². The highest BCUT2D eigenvalue weighted by molar-refractivity contribution is 4.83. The Balaban J connectivity index is 1.92. The van der Waals surface area contributed by atoms with Gasteiger partial charge < -0.3 is 10.6 Å². The molecule has 0 spiro atoms. The van der Waals surface area contributed by atoms with Gasteiger partial charge in [0.25, 0.3) is 0 Å². The summed E-state index contributed by atoms with van der Waals surface area (Å²) >= 11 is 0. The molecule has 1 aliphatic heterocycles. The Kier molecular flexibility index (Phi) is 6.26. The van der Waals surface area contributed by atoms with E-state index < -0.39 is 0 Å². The number of likely N-dealkylation sites (tertiary alicyclic amines) is 1. The van der Waals surface area contributed by atoms with Gasteiger partial charge >= 0.3 is 0 Å². The second-order valence-electron chi connectivity index (χ2n) is 5.17. The summed E-state index contributed by atoms with van der Waals surface area (Å²) < 4.78 is 0. The van der Waals surface area contributed by atoms with E-state index in [0.717, 1.165) is 6.54 Å². The molecule has 1 rings (SSSR count). The molecule has 2 N–H and O–H groups in total. The van der Waals surface area contributed by atoms with Crippen molar-refractivity contribution in [3.8, 4) is 0 Å². The normalized spacial score (nSPS) is 27.4. The highest BCUT2D eigenvalue weighted by atomic mass is 15.2. The molecule has 15 heavy (non-hydrogen) atoms. The minimum absolute atomic E-state index is 0.421. The summed E-state index contributed by atoms with van der Waals surface area (Å²) in [5.74, 6) is 0.699. The van der Waals surface area contributed by atoms with Crippen molar-refractivity contribution in [1.82, 2.24) is 4.90 Å². The second kappa shape index (κ2) is 7.24. The maximum atomic E-state index is 6.00. The largest absolute Gasteiger partial charge is 0.326 e. The maximum Gasteiger partial charge on any atom is 0.0206 e. The molecule has 0 aromatic rings. The Bertz CT molecular complexity index is 149. The zero-order chi connectivity index (χ0) is 11.1. The minimum Gasteiger partial charge on any atom is -0.326 e. The van der Waals surface area contributed by atoms with Crippen molar-refractivity contribution in [3.05, 3.63) is 0 Å². The Morgan fingerprint density at radius 2 is 1.73 bits per heavy atom. The van der Waals surface area contributed by atoms with Gasteiger partial charge in [-0.05, 0) is 18.9 Å². The molecule has 0 aliphatic carbocycles. The van der Waals surface area contributed by atoms with Crippen molar-refractivity contribution in [2.45, 2.75) is 58.4 Å². The number of nitrogens with zero attached hydrogens (tertiary/aromatic N) is 1. The number of hydrogen-bond donors (Lipinski definition) is 1. The first-order chi connectivity index (χ1) is 7.24. The quantitative estimate of drug-likeness (QED) is 0.657. The lowest BCUT2D eigenvalue weighted by atomic mass is 10.1. The fraction of sp³-hybridized carbons (Fsp3) is 1.00. The van der Waals surface area contributed by atoms with Crippen LogP contribution in [0.2, 0.25) is 0 Å². The van der Waals surface area contributed by atoms with Gasteiger partial charge in [0, 0.05) is 19.1 Å². The molecular weight excluding hydrogens is 184 g/mol. The average Bonchev–Trinajstić information content (AvgIpc) is 2.52. The molecule has 90 valence electrons. The van der Waals surface area contributed by atoms with Crippen LogP contribution < -0.4 is 5.73 Å². The van der Waals surface area contributed by atoms with Crippen molar-refractivity contribution in [2.75, 3.05) is 19.6 Å². The van der Waals surface area contributed by atoms with Crippen LogP contribution >= 0.6 is 0 Å². The first-order valence-corrected chi connectivity index (χ1v) is 6.72. The topological polar surface area (TPSA) is 29.3 Å². The lowest BCUT2D eigenvalue weighted by Gasteiger charge is -2.14. The summed E-state index contributed by atoms with van der Waals surface area (Å²) in [6.07, 6.45) is 8.36. The van der Waals surface area contributed by atoms with E-state index in [1.807, 2.05) is 0 Å². The summed E-state index contributed by atoms with van der Waals surface area (Å²) in [6.45, 7) is 8.15. The van der Waals surface area contributed by atoms with Crippen LogP contribution in [0, 0.1) is 5.92 Å². The molecule has 2 unspecified atom stereocenters. The highest BCUT2D eigenvalue weighted by Gasteiger charge is 2.25. The van der Waals surface area contributed by atoms with Gasteiger partial charge in [0.05, 0.1) is 0 Å². The Morgan fingerprint density at radius 3 is 2.33 bits per heavy atom. The van der Waals surface area contributed by atoms with Crippen molar-refractivity contribution >= 4 is 0 Å². The molecule has 1 fully saturated rings. The van der Waals surface area contributed by atoms with Crippen LogP contribution in [-0.4, -0.2) is 30.6 Å². The SMILES string of the molecule is CCCCCCCCN1CC(C)C(N)C1. The molecule has 0 radical (unpaired) electrons. The monoisotopic (exact) mass is 212 g/mol. The fourth-order valence-electron chi connectivity index (χ4n) is 2.39. The molecule has 0 aromatic carbocycles. The van der Waals surface area contributed by atoms with Crippen molar-refractivity contribution in [2.24, 2.45) is 11.7 Å². The van der Waals surface area contributed by atoms with E-state index in [1.165, 1.54) is 51.6 Å². The summed E-state index contributed by atoms with van der Waals surface area (Å²) in [5, 5.41) is 0. The molecule has 1 saturated heterocycles. The van der Waals surface area contributed by atoms with E-state index in [-0.39, 0.29) is 0 Å². The van der Waals surface area contributed by atoms with Gasteiger partial charge in [-0.2, -0.15) is 0 Å². The first kappa shape index (κ1) is 13.0. The maximum absolute atomic E-state index is 6.00. The minimum atomic E-state index is 0.421. The van der Waals surface area contributed by atoms with E-state index in [1.54, 1.807) is 0 Å². The molecule has 2 atom stereocenters. The molecule has 2 nitrogen and oxygen atoms in total. The number of unbranched alkanes of at least 4 members (excludes halogenated alkanes) is 5. The lowest BCUT2D eigenvalue weighted by Crippen LogP contribution is -2.28. The van der Waals surface area contributed by atoms with E-state index in [4.69, 9.17) is 5.73 Å². The summed E-state index contributed by atoms with van der Waals surface area (Å²) in [5.41, 5.74) is 6.00. The van der Waals surface area contributed by atoms with Gasteiger partial charge in [-0.3, -0.25) is 0 Å². The third-order valence-corrected chi connectivity index (χ3v) is 3.57. The van der Waals surface area contributed by atoms with Crippen LogP contribution in [0.25, 0.3) is 0 Å². The molecule has 1 heterocycles. The van der Waals surface area contributed by atoms with E-state index in [9.17, 15) is 0 Å². The fourth-order valence-corrected chi connectivity index (χ4v) is 2.39. The van der Waals surface area contributed by atoms with Crippen LogP contribution in [0.15, 0.2) is 0 Å². The predicted octanol–water partition coefficient (Wildman–Crippen LogP) is 2.63. The average molecular weight is 212 g/mol. The molecule has 0 amide bonds. The van der Waals surface area contributed by atoms with Gasteiger partial charge in [0.1, 0.15) is 0 Å². The summed E-state index contributed by atoms with van der Waals surface area (Å²) in [7, 11) is 0. The van der Waals surface area contributed by atoms with Crippen LogP contribution in [0.1, 0.15) is 52.4 Å².